The molecule has 136 valence electrons. The monoisotopic (exact) mass is 394 g/mol. The van der Waals surface area contributed by atoms with E-state index in [-0.39, 0.29) is 21.5 Å². The van der Waals surface area contributed by atoms with Gasteiger partial charge >= 0.3 is 0 Å². The number of likely N-dealkylation sites (tertiary alicyclic amines) is 1. The van der Waals surface area contributed by atoms with Crippen LogP contribution in [0.15, 0.2) is 36.4 Å². The summed E-state index contributed by atoms with van der Waals surface area (Å²) >= 11 is 11.6. The molecule has 2 aromatic carbocycles. The first-order chi connectivity index (χ1) is 12.5. The number of anilines is 1. The highest BCUT2D eigenvalue weighted by atomic mass is 35.5. The number of nitrogens with one attached hydrogen (secondary N) is 1. The molecule has 1 saturated heterocycles. The van der Waals surface area contributed by atoms with Crippen LogP contribution in [0.2, 0.25) is 10.0 Å². The molecule has 2 aromatic rings. The summed E-state index contributed by atoms with van der Waals surface area (Å²) in [5.41, 5.74) is 0.906. The SMILES string of the molecule is O=C(Nc1cccc(C(=O)N2CCCCC2)c1)c1cc(F)c(Cl)cc1Cl. The Kier molecular flexibility index (Phi) is 5.79. The normalized spacial score (nSPS) is 14.2. The summed E-state index contributed by atoms with van der Waals surface area (Å²) in [6, 6.07) is 8.84. The number of piperidine rings is 1. The number of carbonyl (C=O) groups excluding carboxylic acids is 2. The molecule has 26 heavy (non-hydrogen) atoms. The van der Waals surface area contributed by atoms with E-state index in [4.69, 9.17) is 23.2 Å². The second-order valence-electron chi connectivity index (χ2n) is 6.13. The zero-order valence-electron chi connectivity index (χ0n) is 13.9. The van der Waals surface area contributed by atoms with Crippen LogP contribution in [0.5, 0.6) is 0 Å². The quantitative estimate of drug-likeness (QED) is 0.743. The van der Waals surface area contributed by atoms with Crippen LogP contribution in [-0.2, 0) is 0 Å². The summed E-state index contributed by atoms with van der Waals surface area (Å²) in [7, 11) is 0. The van der Waals surface area contributed by atoms with Gasteiger partial charge in [0.2, 0.25) is 0 Å². The molecule has 0 aromatic heterocycles. The first-order valence-electron chi connectivity index (χ1n) is 8.31. The number of halogens is 3. The number of nitrogens with zero attached hydrogens (tertiary/aromatic N) is 1. The van der Waals surface area contributed by atoms with Crippen molar-refractivity contribution in [1.82, 2.24) is 4.90 Å². The molecule has 3 rings (SSSR count). The Labute approximate surface area is 160 Å². The molecule has 0 spiro atoms. The lowest BCUT2D eigenvalue weighted by atomic mass is 10.1. The van der Waals surface area contributed by atoms with Gasteiger partial charge in [0.15, 0.2) is 0 Å². The van der Waals surface area contributed by atoms with Crippen molar-refractivity contribution in [2.45, 2.75) is 19.3 Å². The van der Waals surface area contributed by atoms with Crippen LogP contribution in [0.1, 0.15) is 40.0 Å². The van der Waals surface area contributed by atoms with Crippen LogP contribution >= 0.6 is 23.2 Å². The number of carbonyl (C=O) groups is 2. The van der Waals surface area contributed by atoms with E-state index < -0.39 is 11.7 Å². The fraction of sp³-hybridized carbons (Fsp3) is 0.263. The van der Waals surface area contributed by atoms with Gasteiger partial charge in [0, 0.05) is 24.3 Å². The molecule has 1 aliphatic heterocycles. The summed E-state index contributed by atoms with van der Waals surface area (Å²) in [4.78, 5) is 26.8. The zero-order valence-corrected chi connectivity index (χ0v) is 15.4. The van der Waals surface area contributed by atoms with E-state index in [1.54, 1.807) is 24.3 Å². The van der Waals surface area contributed by atoms with Gasteiger partial charge in [-0.1, -0.05) is 29.3 Å². The molecular weight excluding hydrogens is 378 g/mol. The average Bonchev–Trinajstić information content (AvgIpc) is 2.65. The predicted octanol–water partition coefficient (Wildman–Crippen LogP) is 5.01. The molecule has 1 fully saturated rings. The van der Waals surface area contributed by atoms with Crippen molar-refractivity contribution in [3.63, 3.8) is 0 Å². The van der Waals surface area contributed by atoms with E-state index in [9.17, 15) is 14.0 Å². The second kappa shape index (κ2) is 8.06. The van der Waals surface area contributed by atoms with Gasteiger partial charge in [-0.25, -0.2) is 4.39 Å². The molecule has 0 aliphatic carbocycles. The third kappa shape index (κ3) is 4.17. The maximum absolute atomic E-state index is 13.6. The Bertz CT molecular complexity index is 851. The zero-order chi connectivity index (χ0) is 18.7. The molecule has 2 amide bonds. The fourth-order valence-electron chi connectivity index (χ4n) is 2.90. The number of rotatable bonds is 3. The van der Waals surface area contributed by atoms with Crippen LogP contribution in [0, 0.1) is 5.82 Å². The largest absolute Gasteiger partial charge is 0.339 e. The molecule has 4 nitrogen and oxygen atoms in total. The highest BCUT2D eigenvalue weighted by Gasteiger charge is 2.19. The molecule has 7 heteroatoms. The Morgan fingerprint density at radius 1 is 1.00 bits per heavy atom. The molecule has 0 saturated carbocycles. The van der Waals surface area contributed by atoms with Crippen molar-refractivity contribution in [3.05, 3.63) is 63.4 Å². The third-order valence-corrected chi connectivity index (χ3v) is 4.87. The van der Waals surface area contributed by atoms with Crippen LogP contribution < -0.4 is 5.32 Å². The maximum atomic E-state index is 13.6. The minimum atomic E-state index is -0.727. The van der Waals surface area contributed by atoms with Gasteiger partial charge < -0.3 is 10.2 Å². The molecule has 0 bridgehead atoms. The van der Waals surface area contributed by atoms with Crippen LogP contribution in [0.4, 0.5) is 10.1 Å². The summed E-state index contributed by atoms with van der Waals surface area (Å²) < 4.78 is 13.6. The van der Waals surface area contributed by atoms with Crippen molar-refractivity contribution in [2.24, 2.45) is 0 Å². The highest BCUT2D eigenvalue weighted by Crippen LogP contribution is 2.25. The smallest absolute Gasteiger partial charge is 0.257 e. The molecule has 1 aliphatic rings. The standard InChI is InChI=1S/C19H17Cl2FN2O2/c20-15-11-16(21)17(22)10-14(15)18(25)23-13-6-4-5-12(9-13)19(26)24-7-2-1-3-8-24/h4-6,9-11H,1-3,7-8H2,(H,23,25). The number of hydrogen-bond acceptors (Lipinski definition) is 2. The molecule has 1 N–H and O–H groups in total. The summed E-state index contributed by atoms with van der Waals surface area (Å²) in [6.45, 7) is 1.49. The minimum Gasteiger partial charge on any atom is -0.339 e. The Hall–Kier alpha value is -2.11. The van der Waals surface area contributed by atoms with E-state index in [1.807, 2.05) is 4.90 Å². The van der Waals surface area contributed by atoms with Gasteiger partial charge in [-0.05, 0) is 49.6 Å². The van der Waals surface area contributed by atoms with Gasteiger partial charge in [-0.3, -0.25) is 9.59 Å². The van der Waals surface area contributed by atoms with E-state index in [0.29, 0.717) is 11.3 Å². The Balaban J connectivity index is 1.77. The number of benzene rings is 2. The number of hydrogen-bond donors (Lipinski definition) is 1. The molecule has 0 atom stereocenters. The van der Waals surface area contributed by atoms with Gasteiger partial charge in [0.1, 0.15) is 5.82 Å². The summed E-state index contributed by atoms with van der Waals surface area (Å²) in [5, 5.41) is 2.54. The minimum absolute atomic E-state index is 0.0265. The Morgan fingerprint density at radius 3 is 2.46 bits per heavy atom. The van der Waals surface area contributed by atoms with Crippen molar-refractivity contribution in [2.75, 3.05) is 18.4 Å². The lowest BCUT2D eigenvalue weighted by molar-refractivity contribution is 0.0724. The van der Waals surface area contributed by atoms with Crippen molar-refractivity contribution >= 4 is 40.7 Å². The van der Waals surface area contributed by atoms with E-state index >= 15 is 0 Å². The third-order valence-electron chi connectivity index (χ3n) is 4.27. The van der Waals surface area contributed by atoms with Crippen LogP contribution in [0.3, 0.4) is 0 Å². The average molecular weight is 395 g/mol. The molecule has 0 unspecified atom stereocenters. The molecule has 0 radical (unpaired) electrons. The van der Waals surface area contributed by atoms with Gasteiger partial charge in [-0.2, -0.15) is 0 Å². The topological polar surface area (TPSA) is 49.4 Å². The summed E-state index contributed by atoms with van der Waals surface area (Å²) in [6.07, 6.45) is 3.14. The first kappa shape index (κ1) is 18.7. The lowest BCUT2D eigenvalue weighted by Gasteiger charge is -2.26. The second-order valence-corrected chi connectivity index (χ2v) is 6.95. The maximum Gasteiger partial charge on any atom is 0.257 e. The summed E-state index contributed by atoms with van der Waals surface area (Å²) in [5.74, 6) is -1.36. The molecular formula is C19H17Cl2FN2O2. The first-order valence-corrected chi connectivity index (χ1v) is 9.06. The van der Waals surface area contributed by atoms with Gasteiger partial charge in [0.25, 0.3) is 11.8 Å². The van der Waals surface area contributed by atoms with Crippen molar-refractivity contribution < 1.29 is 14.0 Å². The molecule has 1 heterocycles. The number of amides is 2. The van der Waals surface area contributed by atoms with E-state index in [2.05, 4.69) is 5.32 Å². The van der Waals surface area contributed by atoms with Gasteiger partial charge in [0.05, 0.1) is 15.6 Å². The van der Waals surface area contributed by atoms with Crippen molar-refractivity contribution in [1.29, 1.82) is 0 Å². The van der Waals surface area contributed by atoms with Crippen LogP contribution in [0.25, 0.3) is 0 Å². The Morgan fingerprint density at radius 2 is 1.73 bits per heavy atom. The highest BCUT2D eigenvalue weighted by molar-refractivity contribution is 6.37. The predicted molar refractivity (Wildman–Crippen MR) is 101 cm³/mol. The fourth-order valence-corrected chi connectivity index (χ4v) is 3.37. The van der Waals surface area contributed by atoms with E-state index in [1.165, 1.54) is 6.07 Å². The van der Waals surface area contributed by atoms with Crippen molar-refractivity contribution in [3.8, 4) is 0 Å². The van der Waals surface area contributed by atoms with Crippen LogP contribution in [-0.4, -0.2) is 29.8 Å². The van der Waals surface area contributed by atoms with Gasteiger partial charge in [-0.15, -0.1) is 0 Å². The van der Waals surface area contributed by atoms with E-state index in [0.717, 1.165) is 38.4 Å². The lowest BCUT2D eigenvalue weighted by Crippen LogP contribution is -2.35.